The third-order valence-electron chi connectivity index (χ3n) is 3.11. The molecule has 2 aromatic carbocycles. The molecule has 2 rings (SSSR count). The number of nitrogens with one attached hydrogen (secondary N) is 1. The third-order valence-corrected chi connectivity index (χ3v) is 3.85. The van der Waals surface area contributed by atoms with Gasteiger partial charge in [0.25, 0.3) is 5.91 Å². The lowest BCUT2D eigenvalue weighted by Crippen LogP contribution is -2.30. The van der Waals surface area contributed by atoms with Gasteiger partial charge in [-0.1, -0.05) is 39.7 Å². The van der Waals surface area contributed by atoms with Crippen molar-refractivity contribution in [3.63, 3.8) is 0 Å². The molecule has 1 amide bonds. The minimum atomic E-state index is -0.237. The maximum atomic E-state index is 11.8. The molecule has 0 saturated heterocycles. The Morgan fingerprint density at radius 2 is 1.96 bits per heavy atom. The summed E-state index contributed by atoms with van der Waals surface area (Å²) in [5.74, 6) is 0.148. The molecular weight excluding hydrogens is 382 g/mol. The Kier molecular flexibility index (Phi) is 6.62. The lowest BCUT2D eigenvalue weighted by molar-refractivity contribution is -0.123. The summed E-state index contributed by atoms with van der Waals surface area (Å²) in [6.07, 6.45) is 1.40. The van der Waals surface area contributed by atoms with Crippen molar-refractivity contribution in [1.29, 1.82) is 0 Å². The van der Waals surface area contributed by atoms with Crippen LogP contribution in [0.15, 0.2) is 46.9 Å². The van der Waals surface area contributed by atoms with E-state index >= 15 is 0 Å². The molecule has 2 aromatic rings. The van der Waals surface area contributed by atoms with Crippen LogP contribution in [0.25, 0.3) is 0 Å². The van der Waals surface area contributed by atoms with Crippen molar-refractivity contribution in [3.05, 3.63) is 63.1 Å². The van der Waals surface area contributed by atoms with Crippen molar-refractivity contribution < 1.29 is 14.3 Å². The van der Waals surface area contributed by atoms with Crippen LogP contribution in [0.1, 0.15) is 15.9 Å². The van der Waals surface area contributed by atoms with E-state index in [9.17, 15) is 9.59 Å². The van der Waals surface area contributed by atoms with E-state index in [1.165, 1.54) is 0 Å². The number of carbonyl (C=O) groups excluding carboxylic acids is 2. The number of benzene rings is 2. The van der Waals surface area contributed by atoms with Gasteiger partial charge in [0, 0.05) is 16.0 Å². The Bertz CT molecular complexity index is 689. The van der Waals surface area contributed by atoms with Crippen LogP contribution in [0.2, 0.25) is 5.02 Å². The standard InChI is InChI=1S/C17H15BrClNO3/c18-14-3-6-16(13(9-14)10-21)23-11-17(22)20-8-7-12-1-4-15(19)5-2-12/h1-6,9-10H,7-8,11H2,(H,20,22). The molecule has 23 heavy (non-hydrogen) atoms. The SMILES string of the molecule is O=Cc1cc(Br)ccc1OCC(=O)NCCc1ccc(Cl)cc1. The highest BCUT2D eigenvalue weighted by Crippen LogP contribution is 2.21. The van der Waals surface area contributed by atoms with Gasteiger partial charge in [-0.3, -0.25) is 9.59 Å². The molecule has 6 heteroatoms. The van der Waals surface area contributed by atoms with Gasteiger partial charge < -0.3 is 10.1 Å². The normalized spacial score (nSPS) is 10.2. The zero-order chi connectivity index (χ0) is 16.7. The van der Waals surface area contributed by atoms with Gasteiger partial charge >= 0.3 is 0 Å². The highest BCUT2D eigenvalue weighted by molar-refractivity contribution is 9.10. The molecule has 0 saturated carbocycles. The van der Waals surface area contributed by atoms with Crippen LogP contribution < -0.4 is 10.1 Å². The zero-order valence-electron chi connectivity index (χ0n) is 12.2. The summed E-state index contributed by atoms with van der Waals surface area (Å²) < 4.78 is 6.16. The predicted octanol–water partition coefficient (Wildman–Crippen LogP) is 3.65. The molecule has 1 N–H and O–H groups in total. The molecule has 0 aliphatic heterocycles. The Labute approximate surface area is 147 Å². The number of rotatable bonds is 7. The predicted molar refractivity (Wildman–Crippen MR) is 93.2 cm³/mol. The van der Waals surface area contributed by atoms with Gasteiger partial charge in [-0.2, -0.15) is 0 Å². The van der Waals surface area contributed by atoms with Crippen LogP contribution in [-0.2, 0) is 11.2 Å². The number of hydrogen-bond acceptors (Lipinski definition) is 3. The van der Waals surface area contributed by atoms with E-state index in [-0.39, 0.29) is 12.5 Å². The molecule has 0 radical (unpaired) electrons. The first-order valence-electron chi connectivity index (χ1n) is 6.97. The maximum absolute atomic E-state index is 11.8. The number of carbonyl (C=O) groups is 2. The number of hydrogen-bond donors (Lipinski definition) is 1. The van der Waals surface area contributed by atoms with E-state index in [4.69, 9.17) is 16.3 Å². The number of aldehydes is 1. The molecule has 0 bridgehead atoms. The maximum Gasteiger partial charge on any atom is 0.257 e. The van der Waals surface area contributed by atoms with E-state index in [1.807, 2.05) is 24.3 Å². The van der Waals surface area contributed by atoms with Crippen LogP contribution in [0.4, 0.5) is 0 Å². The quantitative estimate of drug-likeness (QED) is 0.727. The van der Waals surface area contributed by atoms with Crippen molar-refractivity contribution in [2.24, 2.45) is 0 Å². The Morgan fingerprint density at radius 1 is 1.22 bits per heavy atom. The van der Waals surface area contributed by atoms with Gasteiger partial charge in [0.15, 0.2) is 12.9 Å². The smallest absolute Gasteiger partial charge is 0.257 e. The van der Waals surface area contributed by atoms with Crippen LogP contribution in [0.3, 0.4) is 0 Å². The number of ether oxygens (including phenoxy) is 1. The molecule has 0 fully saturated rings. The average Bonchev–Trinajstić information content (AvgIpc) is 2.55. The molecule has 4 nitrogen and oxygen atoms in total. The summed E-state index contributed by atoms with van der Waals surface area (Å²) in [4.78, 5) is 22.7. The van der Waals surface area contributed by atoms with E-state index in [2.05, 4.69) is 21.2 Å². The Balaban J connectivity index is 1.77. The van der Waals surface area contributed by atoms with Gasteiger partial charge in [0.1, 0.15) is 5.75 Å². The molecule has 0 atom stereocenters. The largest absolute Gasteiger partial charge is 0.483 e. The van der Waals surface area contributed by atoms with Gasteiger partial charge in [-0.15, -0.1) is 0 Å². The lowest BCUT2D eigenvalue weighted by Gasteiger charge is -2.09. The van der Waals surface area contributed by atoms with Crippen LogP contribution >= 0.6 is 27.5 Å². The molecular formula is C17H15BrClNO3. The van der Waals surface area contributed by atoms with Crippen molar-refractivity contribution in [2.45, 2.75) is 6.42 Å². The monoisotopic (exact) mass is 395 g/mol. The average molecular weight is 397 g/mol. The van der Waals surface area contributed by atoms with Crippen LogP contribution in [0.5, 0.6) is 5.75 Å². The number of halogens is 2. The van der Waals surface area contributed by atoms with E-state index in [0.29, 0.717) is 35.6 Å². The summed E-state index contributed by atoms with van der Waals surface area (Å²) in [7, 11) is 0. The first-order valence-corrected chi connectivity index (χ1v) is 8.14. The molecule has 0 aromatic heterocycles. The van der Waals surface area contributed by atoms with Gasteiger partial charge in [-0.25, -0.2) is 0 Å². The third kappa shape index (κ3) is 5.69. The Hall–Kier alpha value is -1.85. The Morgan fingerprint density at radius 3 is 2.65 bits per heavy atom. The molecule has 0 spiro atoms. The van der Waals surface area contributed by atoms with E-state index in [1.54, 1.807) is 18.2 Å². The summed E-state index contributed by atoms with van der Waals surface area (Å²) in [5, 5.41) is 3.46. The minimum Gasteiger partial charge on any atom is -0.483 e. The topological polar surface area (TPSA) is 55.4 Å². The van der Waals surface area contributed by atoms with E-state index < -0.39 is 0 Å². The molecule has 0 heterocycles. The van der Waals surface area contributed by atoms with Gasteiger partial charge in [-0.05, 0) is 42.3 Å². The van der Waals surface area contributed by atoms with Gasteiger partial charge in [0.05, 0.1) is 5.56 Å². The number of amides is 1. The fourth-order valence-electron chi connectivity index (χ4n) is 1.93. The fourth-order valence-corrected chi connectivity index (χ4v) is 2.44. The minimum absolute atomic E-state index is 0.136. The van der Waals surface area contributed by atoms with Crippen molar-refractivity contribution >= 4 is 39.7 Å². The molecule has 0 unspecified atom stereocenters. The summed E-state index contributed by atoms with van der Waals surface area (Å²) in [6.45, 7) is 0.369. The highest BCUT2D eigenvalue weighted by atomic mass is 79.9. The lowest BCUT2D eigenvalue weighted by atomic mass is 10.1. The second-order valence-corrected chi connectivity index (χ2v) is 6.17. The summed E-state index contributed by atoms with van der Waals surface area (Å²) >= 11 is 9.09. The zero-order valence-corrected chi connectivity index (χ0v) is 14.6. The second-order valence-electron chi connectivity index (χ2n) is 4.82. The second kappa shape index (κ2) is 8.70. The van der Waals surface area contributed by atoms with Crippen LogP contribution in [0, 0.1) is 0 Å². The van der Waals surface area contributed by atoms with Crippen molar-refractivity contribution in [1.82, 2.24) is 5.32 Å². The molecule has 120 valence electrons. The van der Waals surface area contributed by atoms with Crippen LogP contribution in [-0.4, -0.2) is 25.3 Å². The molecule has 0 aliphatic carbocycles. The van der Waals surface area contributed by atoms with E-state index in [0.717, 1.165) is 10.0 Å². The summed E-state index contributed by atoms with van der Waals surface area (Å²) in [6, 6.07) is 12.5. The summed E-state index contributed by atoms with van der Waals surface area (Å²) in [5.41, 5.74) is 1.49. The first-order chi connectivity index (χ1) is 11.1. The van der Waals surface area contributed by atoms with Crippen molar-refractivity contribution in [2.75, 3.05) is 13.2 Å². The van der Waals surface area contributed by atoms with Crippen molar-refractivity contribution in [3.8, 4) is 5.75 Å². The molecule has 0 aliphatic rings. The van der Waals surface area contributed by atoms with Gasteiger partial charge in [0.2, 0.25) is 0 Å². The first kappa shape index (κ1) is 17.5. The fraction of sp³-hybridized carbons (Fsp3) is 0.176. The highest BCUT2D eigenvalue weighted by Gasteiger charge is 2.07.